The first-order valence-corrected chi connectivity index (χ1v) is 10.3. The maximum absolute atomic E-state index is 12.8. The molecule has 0 atom stereocenters. The minimum atomic E-state index is -0.950. The molecule has 0 saturated heterocycles. The molecule has 1 aromatic heterocycles. The minimum Gasteiger partial charge on any atom is -0.478 e. The van der Waals surface area contributed by atoms with Gasteiger partial charge in [-0.1, -0.05) is 68.8 Å². The van der Waals surface area contributed by atoms with E-state index in [2.05, 4.69) is 12.0 Å². The molecular weight excluding hydrogens is 378 g/mol. The van der Waals surface area contributed by atoms with Crippen molar-refractivity contribution in [1.29, 1.82) is 0 Å². The molecule has 1 heterocycles. The molecule has 0 amide bonds. The van der Waals surface area contributed by atoms with Crippen LogP contribution in [0.5, 0.6) is 0 Å². The van der Waals surface area contributed by atoms with Gasteiger partial charge in [-0.05, 0) is 35.6 Å². The van der Waals surface area contributed by atoms with Gasteiger partial charge >= 0.3 is 11.7 Å². The third-order valence-corrected chi connectivity index (χ3v) is 4.96. The number of carboxylic acids is 1. The van der Waals surface area contributed by atoms with Crippen molar-refractivity contribution in [3.8, 4) is 11.1 Å². The summed E-state index contributed by atoms with van der Waals surface area (Å²) in [5.41, 5.74) is 2.59. The van der Waals surface area contributed by atoms with E-state index >= 15 is 0 Å². The van der Waals surface area contributed by atoms with Gasteiger partial charge in [0.05, 0.1) is 12.1 Å². The van der Waals surface area contributed by atoms with Crippen molar-refractivity contribution in [2.45, 2.75) is 46.1 Å². The lowest BCUT2D eigenvalue weighted by Crippen LogP contribution is -2.23. The Bertz CT molecular complexity index is 1090. The van der Waals surface area contributed by atoms with E-state index in [1.54, 1.807) is 29.0 Å². The number of aromatic carboxylic acids is 1. The van der Waals surface area contributed by atoms with Gasteiger partial charge < -0.3 is 5.11 Å². The highest BCUT2D eigenvalue weighted by Gasteiger charge is 2.14. The van der Waals surface area contributed by atoms with Gasteiger partial charge in [0.15, 0.2) is 0 Å². The first kappa shape index (κ1) is 21.3. The Morgan fingerprint density at radius 3 is 2.50 bits per heavy atom. The van der Waals surface area contributed by atoms with Crippen molar-refractivity contribution in [2.24, 2.45) is 0 Å². The van der Waals surface area contributed by atoms with E-state index in [9.17, 15) is 14.7 Å². The predicted octanol–water partition coefficient (Wildman–Crippen LogP) is 4.68. The van der Waals surface area contributed by atoms with E-state index in [-0.39, 0.29) is 11.3 Å². The molecule has 0 aliphatic rings. The van der Waals surface area contributed by atoms with Crippen LogP contribution in [-0.2, 0) is 13.0 Å². The van der Waals surface area contributed by atoms with Crippen molar-refractivity contribution in [1.82, 2.24) is 14.3 Å². The summed E-state index contributed by atoms with van der Waals surface area (Å²) < 4.78 is 3.13. The molecule has 2 aromatic carbocycles. The van der Waals surface area contributed by atoms with E-state index in [1.165, 1.54) is 4.68 Å². The highest BCUT2D eigenvalue weighted by Crippen LogP contribution is 2.24. The van der Waals surface area contributed by atoms with Crippen LogP contribution < -0.4 is 5.69 Å². The molecule has 3 aromatic rings. The highest BCUT2D eigenvalue weighted by atomic mass is 16.4. The van der Waals surface area contributed by atoms with Crippen molar-refractivity contribution in [3.63, 3.8) is 0 Å². The molecule has 0 radical (unpaired) electrons. The van der Waals surface area contributed by atoms with E-state index in [1.807, 2.05) is 43.3 Å². The molecule has 0 bridgehead atoms. The number of aryl methyl sites for hydroxylation is 1. The summed E-state index contributed by atoms with van der Waals surface area (Å²) in [6, 6.07) is 14.6. The quantitative estimate of drug-likeness (QED) is 0.561. The molecule has 30 heavy (non-hydrogen) atoms. The third-order valence-electron chi connectivity index (χ3n) is 4.96. The zero-order valence-electron chi connectivity index (χ0n) is 17.4. The van der Waals surface area contributed by atoms with Gasteiger partial charge in [0.2, 0.25) is 0 Å². The maximum Gasteiger partial charge on any atom is 0.350 e. The first-order chi connectivity index (χ1) is 14.5. The van der Waals surface area contributed by atoms with Gasteiger partial charge in [-0.25, -0.2) is 9.59 Å². The molecule has 0 fully saturated rings. The van der Waals surface area contributed by atoms with E-state index in [0.717, 1.165) is 42.6 Å². The number of hydrogen-bond donors (Lipinski definition) is 1. The summed E-state index contributed by atoms with van der Waals surface area (Å²) in [6.45, 7) is 4.56. The van der Waals surface area contributed by atoms with E-state index in [0.29, 0.717) is 12.1 Å². The Morgan fingerprint density at radius 2 is 1.83 bits per heavy atom. The molecule has 3 rings (SSSR count). The maximum atomic E-state index is 12.8. The van der Waals surface area contributed by atoms with Crippen molar-refractivity contribution >= 4 is 12.2 Å². The van der Waals surface area contributed by atoms with Crippen molar-refractivity contribution in [3.05, 3.63) is 82.0 Å². The fraction of sp³-hybridized carbons (Fsp3) is 0.292. The number of nitrogens with zero attached hydrogens (tertiary/aromatic N) is 3. The summed E-state index contributed by atoms with van der Waals surface area (Å²) in [6.07, 6.45) is 7.23. The second-order valence-electron chi connectivity index (χ2n) is 7.17. The standard InChI is InChI=1S/C24H27N3O3/c1-3-5-11-22-25-27(16-6-4-2)24(30)26(22)17-18-12-14-19(15-13-18)20-9-7-8-10-21(20)23(28)29/h6-10,12-16H,3-5,11,17H2,1-2H3,(H,28,29)/b16-6+. The number of aromatic nitrogens is 3. The van der Waals surface area contributed by atoms with Gasteiger partial charge in [-0.3, -0.25) is 4.57 Å². The fourth-order valence-electron chi connectivity index (χ4n) is 3.33. The second kappa shape index (κ2) is 9.87. The average molecular weight is 405 g/mol. The summed E-state index contributed by atoms with van der Waals surface area (Å²) in [4.78, 5) is 24.3. The summed E-state index contributed by atoms with van der Waals surface area (Å²) in [5, 5.41) is 13.9. The zero-order chi connectivity index (χ0) is 21.5. The second-order valence-corrected chi connectivity index (χ2v) is 7.17. The SMILES string of the molecule is CC/C=C/n1nc(CCCC)n(Cc2ccc(-c3ccccc3C(=O)O)cc2)c1=O. The van der Waals surface area contributed by atoms with Gasteiger partial charge in [0.1, 0.15) is 5.82 Å². The number of carbonyl (C=O) groups is 1. The number of hydrogen-bond acceptors (Lipinski definition) is 3. The van der Waals surface area contributed by atoms with Crippen LogP contribution in [0.3, 0.4) is 0 Å². The molecule has 156 valence electrons. The normalized spacial score (nSPS) is 11.3. The van der Waals surface area contributed by atoms with Crippen LogP contribution in [0.1, 0.15) is 54.9 Å². The molecule has 6 nitrogen and oxygen atoms in total. The number of carboxylic acid groups (broad SMARTS) is 1. The molecule has 0 aliphatic carbocycles. The highest BCUT2D eigenvalue weighted by molar-refractivity contribution is 5.95. The van der Waals surface area contributed by atoms with Gasteiger partial charge in [0, 0.05) is 12.6 Å². The number of rotatable bonds is 9. The Morgan fingerprint density at radius 1 is 1.10 bits per heavy atom. The molecule has 1 N–H and O–H groups in total. The molecule has 0 unspecified atom stereocenters. The largest absolute Gasteiger partial charge is 0.478 e. The summed E-state index contributed by atoms with van der Waals surface area (Å²) in [5.74, 6) is -0.169. The van der Waals surface area contributed by atoms with Crippen molar-refractivity contribution in [2.75, 3.05) is 0 Å². The zero-order valence-corrected chi connectivity index (χ0v) is 17.4. The first-order valence-electron chi connectivity index (χ1n) is 10.3. The Hall–Kier alpha value is -3.41. The lowest BCUT2D eigenvalue weighted by Gasteiger charge is -2.09. The fourth-order valence-corrected chi connectivity index (χ4v) is 3.33. The molecule has 0 spiro atoms. The topological polar surface area (TPSA) is 77.1 Å². The summed E-state index contributed by atoms with van der Waals surface area (Å²) >= 11 is 0. The number of allylic oxidation sites excluding steroid dienone is 1. The molecule has 0 saturated carbocycles. The molecule has 6 heteroatoms. The monoisotopic (exact) mass is 405 g/mol. The van der Waals surface area contributed by atoms with Gasteiger partial charge in [-0.15, -0.1) is 0 Å². The van der Waals surface area contributed by atoms with Crippen LogP contribution in [0.4, 0.5) is 0 Å². The Balaban J connectivity index is 1.90. The average Bonchev–Trinajstić information content (AvgIpc) is 3.05. The van der Waals surface area contributed by atoms with E-state index < -0.39 is 5.97 Å². The van der Waals surface area contributed by atoms with Crippen LogP contribution in [0, 0.1) is 0 Å². The van der Waals surface area contributed by atoms with E-state index in [4.69, 9.17) is 0 Å². The van der Waals surface area contributed by atoms with Crippen LogP contribution in [0.15, 0.2) is 59.4 Å². The van der Waals surface area contributed by atoms with Crippen molar-refractivity contribution < 1.29 is 9.90 Å². The Labute approximate surface area is 176 Å². The third kappa shape index (κ3) is 4.76. The van der Waals surface area contributed by atoms with Crippen LogP contribution in [-0.4, -0.2) is 25.4 Å². The predicted molar refractivity (Wildman–Crippen MR) is 119 cm³/mol. The van der Waals surface area contributed by atoms with Gasteiger partial charge in [0.25, 0.3) is 0 Å². The van der Waals surface area contributed by atoms with Crippen LogP contribution in [0.25, 0.3) is 17.3 Å². The molecular formula is C24H27N3O3. The van der Waals surface area contributed by atoms with Gasteiger partial charge in [-0.2, -0.15) is 9.78 Å². The lowest BCUT2D eigenvalue weighted by molar-refractivity contribution is 0.0697. The minimum absolute atomic E-state index is 0.147. The molecule has 0 aliphatic heterocycles. The number of benzene rings is 2. The Kier molecular flexibility index (Phi) is 7.01. The van der Waals surface area contributed by atoms with Crippen LogP contribution in [0.2, 0.25) is 0 Å². The summed E-state index contributed by atoms with van der Waals surface area (Å²) in [7, 11) is 0. The van der Waals surface area contributed by atoms with Crippen LogP contribution >= 0.6 is 0 Å². The number of unbranched alkanes of at least 4 members (excludes halogenated alkanes) is 1. The lowest BCUT2D eigenvalue weighted by atomic mass is 9.99. The smallest absolute Gasteiger partial charge is 0.350 e.